The number of amides is 2. The maximum Gasteiger partial charge on any atom is 0.274 e. The van der Waals surface area contributed by atoms with Crippen LogP contribution in [-0.4, -0.2) is 46.9 Å². The lowest BCUT2D eigenvalue weighted by Gasteiger charge is -2.20. The van der Waals surface area contributed by atoms with E-state index in [0.29, 0.717) is 23.6 Å². The highest BCUT2D eigenvalue weighted by molar-refractivity contribution is 6.03. The molecule has 33 heavy (non-hydrogen) atoms. The van der Waals surface area contributed by atoms with Crippen molar-refractivity contribution in [2.24, 2.45) is 0 Å². The van der Waals surface area contributed by atoms with E-state index in [4.69, 9.17) is 9.26 Å². The van der Waals surface area contributed by atoms with Gasteiger partial charge in [0.25, 0.3) is 11.8 Å². The third-order valence-electron chi connectivity index (χ3n) is 5.47. The van der Waals surface area contributed by atoms with Crippen LogP contribution in [-0.2, 0) is 11.2 Å². The van der Waals surface area contributed by atoms with Gasteiger partial charge in [-0.1, -0.05) is 35.5 Å². The van der Waals surface area contributed by atoms with E-state index in [1.165, 1.54) is 4.90 Å². The maximum absolute atomic E-state index is 13.1. The van der Waals surface area contributed by atoms with E-state index in [9.17, 15) is 9.59 Å². The fraction of sp³-hybridized carbons (Fsp3) is 0.167. The predicted octanol–water partition coefficient (Wildman–Crippen LogP) is 2.81. The van der Waals surface area contributed by atoms with Crippen LogP contribution in [0.15, 0.2) is 71.4 Å². The smallest absolute Gasteiger partial charge is 0.274 e. The summed E-state index contributed by atoms with van der Waals surface area (Å²) in [5.41, 5.74) is 3.35. The summed E-state index contributed by atoms with van der Waals surface area (Å²) >= 11 is 0. The molecule has 9 heteroatoms. The van der Waals surface area contributed by atoms with Crippen LogP contribution in [0.4, 0.5) is 5.69 Å². The first-order chi connectivity index (χ1) is 16.1. The topological polar surface area (TPSA) is 113 Å². The fourth-order valence-corrected chi connectivity index (χ4v) is 3.71. The van der Waals surface area contributed by atoms with Crippen LogP contribution >= 0.6 is 0 Å². The van der Waals surface area contributed by atoms with Crippen molar-refractivity contribution >= 4 is 17.5 Å². The standard InChI is InChI=1S/C24H21N5O4/c1-29-21-12-16(18-9-10-25-27-18)7-8-22(21)32-14-20(24(29)31)26-23(30)19-13-17(33-28-19)11-15-5-3-2-4-6-15/h2-10,12-13,20H,11,14H2,1H3,(H,25,27)(H,26,30)/t20-/m0/s1. The highest BCUT2D eigenvalue weighted by Crippen LogP contribution is 2.34. The number of hydrogen-bond acceptors (Lipinski definition) is 6. The Labute approximate surface area is 189 Å². The highest BCUT2D eigenvalue weighted by atomic mass is 16.5. The van der Waals surface area contributed by atoms with E-state index in [0.717, 1.165) is 16.8 Å². The monoisotopic (exact) mass is 443 g/mol. The number of aromatic amines is 1. The van der Waals surface area contributed by atoms with Gasteiger partial charge >= 0.3 is 0 Å². The summed E-state index contributed by atoms with van der Waals surface area (Å²) in [4.78, 5) is 27.3. The first-order valence-corrected chi connectivity index (χ1v) is 10.4. The minimum Gasteiger partial charge on any atom is -0.489 e. The van der Waals surface area contributed by atoms with Crippen molar-refractivity contribution in [3.05, 3.63) is 83.9 Å². The molecule has 0 bridgehead atoms. The van der Waals surface area contributed by atoms with Crippen molar-refractivity contribution in [3.8, 4) is 17.0 Å². The van der Waals surface area contributed by atoms with Crippen molar-refractivity contribution in [2.75, 3.05) is 18.6 Å². The SMILES string of the molecule is CN1C(=O)[C@@H](NC(=O)c2cc(Cc3ccccc3)on2)COc2ccc(-c3cc[nH]n3)cc21. The lowest BCUT2D eigenvalue weighted by Crippen LogP contribution is -2.49. The minimum absolute atomic E-state index is 0.00160. The number of aromatic nitrogens is 3. The van der Waals surface area contributed by atoms with Crippen LogP contribution in [0.1, 0.15) is 21.8 Å². The average Bonchev–Trinajstić information content (AvgIpc) is 3.52. The summed E-state index contributed by atoms with van der Waals surface area (Å²) in [5, 5.41) is 13.5. The van der Waals surface area contributed by atoms with Gasteiger partial charge in [-0.15, -0.1) is 0 Å². The quantitative estimate of drug-likeness (QED) is 0.490. The lowest BCUT2D eigenvalue weighted by atomic mass is 10.1. The van der Waals surface area contributed by atoms with Gasteiger partial charge in [-0.05, 0) is 29.8 Å². The lowest BCUT2D eigenvalue weighted by molar-refractivity contribution is -0.120. The molecule has 2 aromatic heterocycles. The molecule has 2 amide bonds. The van der Waals surface area contributed by atoms with Crippen molar-refractivity contribution in [1.82, 2.24) is 20.7 Å². The number of H-pyrrole nitrogens is 1. The molecule has 1 aliphatic heterocycles. The normalized spacial score (nSPS) is 15.5. The van der Waals surface area contributed by atoms with Crippen LogP contribution in [0.25, 0.3) is 11.3 Å². The largest absolute Gasteiger partial charge is 0.489 e. The molecule has 0 saturated heterocycles. The van der Waals surface area contributed by atoms with Crippen LogP contribution < -0.4 is 15.0 Å². The molecule has 0 aliphatic carbocycles. The number of likely N-dealkylation sites (N-methyl/N-ethyl adjacent to an activating group) is 1. The Balaban J connectivity index is 1.29. The van der Waals surface area contributed by atoms with E-state index >= 15 is 0 Å². The van der Waals surface area contributed by atoms with Gasteiger partial charge in [0, 0.05) is 31.3 Å². The molecule has 4 aromatic rings. The Morgan fingerprint density at radius 2 is 2.03 bits per heavy atom. The zero-order valence-electron chi connectivity index (χ0n) is 17.8. The fourth-order valence-electron chi connectivity index (χ4n) is 3.71. The molecule has 1 atom stereocenters. The molecule has 0 fully saturated rings. The first-order valence-electron chi connectivity index (χ1n) is 10.4. The number of carbonyl (C=O) groups is 2. The molecule has 2 aromatic carbocycles. The van der Waals surface area contributed by atoms with Gasteiger partial charge < -0.3 is 19.5 Å². The number of rotatable bonds is 5. The van der Waals surface area contributed by atoms with Crippen molar-refractivity contribution in [2.45, 2.75) is 12.5 Å². The maximum atomic E-state index is 13.1. The van der Waals surface area contributed by atoms with Gasteiger partial charge in [0.2, 0.25) is 0 Å². The Morgan fingerprint density at radius 3 is 2.82 bits per heavy atom. The molecular weight excluding hydrogens is 422 g/mol. The first kappa shape index (κ1) is 20.5. The summed E-state index contributed by atoms with van der Waals surface area (Å²) in [6.07, 6.45) is 2.25. The van der Waals surface area contributed by atoms with Gasteiger partial charge in [0.1, 0.15) is 24.2 Å². The molecule has 166 valence electrons. The van der Waals surface area contributed by atoms with Gasteiger partial charge in [0.05, 0.1) is 11.4 Å². The molecule has 0 radical (unpaired) electrons. The third-order valence-corrected chi connectivity index (χ3v) is 5.47. The third kappa shape index (κ3) is 4.20. The molecule has 0 spiro atoms. The van der Waals surface area contributed by atoms with Gasteiger partial charge in [-0.25, -0.2) is 0 Å². The van der Waals surface area contributed by atoms with E-state index in [-0.39, 0.29) is 18.2 Å². The Morgan fingerprint density at radius 1 is 1.18 bits per heavy atom. The molecular formula is C24H21N5O4. The number of ether oxygens (including phenoxy) is 1. The van der Waals surface area contributed by atoms with E-state index in [1.54, 1.807) is 25.4 Å². The second-order valence-corrected chi connectivity index (χ2v) is 7.72. The number of hydrogen-bond donors (Lipinski definition) is 2. The molecule has 1 aliphatic rings. The number of fused-ring (bicyclic) bond motifs is 1. The van der Waals surface area contributed by atoms with Crippen LogP contribution in [0.5, 0.6) is 5.75 Å². The number of anilines is 1. The summed E-state index contributed by atoms with van der Waals surface area (Å²) in [6.45, 7) is -0.00160. The van der Waals surface area contributed by atoms with Crippen molar-refractivity contribution in [1.29, 1.82) is 0 Å². The predicted molar refractivity (Wildman–Crippen MR) is 120 cm³/mol. The molecule has 0 unspecified atom stereocenters. The van der Waals surface area contributed by atoms with Crippen molar-refractivity contribution in [3.63, 3.8) is 0 Å². The molecule has 9 nitrogen and oxygen atoms in total. The van der Waals surface area contributed by atoms with E-state index < -0.39 is 11.9 Å². The Kier molecular flexibility index (Phi) is 5.35. The average molecular weight is 443 g/mol. The number of nitrogens with one attached hydrogen (secondary N) is 2. The minimum atomic E-state index is -0.877. The van der Waals surface area contributed by atoms with Gasteiger partial charge in [-0.2, -0.15) is 5.10 Å². The molecule has 3 heterocycles. The van der Waals surface area contributed by atoms with Gasteiger partial charge in [-0.3, -0.25) is 14.7 Å². The van der Waals surface area contributed by atoms with Crippen molar-refractivity contribution < 1.29 is 18.8 Å². The number of benzene rings is 2. The summed E-state index contributed by atoms with van der Waals surface area (Å²) in [6, 6.07) is 17.8. The Hall–Kier alpha value is -4.40. The second-order valence-electron chi connectivity index (χ2n) is 7.72. The van der Waals surface area contributed by atoms with Gasteiger partial charge in [0.15, 0.2) is 5.69 Å². The summed E-state index contributed by atoms with van der Waals surface area (Å²) < 4.78 is 11.2. The molecule has 0 saturated carbocycles. The van der Waals surface area contributed by atoms with Crippen LogP contribution in [0, 0.1) is 0 Å². The van der Waals surface area contributed by atoms with E-state index in [1.807, 2.05) is 48.5 Å². The summed E-state index contributed by atoms with van der Waals surface area (Å²) in [7, 11) is 1.65. The highest BCUT2D eigenvalue weighted by Gasteiger charge is 2.31. The Bertz CT molecular complexity index is 1280. The zero-order chi connectivity index (χ0) is 22.8. The number of nitrogens with zero attached hydrogens (tertiary/aromatic N) is 3. The zero-order valence-corrected chi connectivity index (χ0v) is 17.8. The van der Waals surface area contributed by atoms with Crippen LogP contribution in [0.3, 0.4) is 0 Å². The van der Waals surface area contributed by atoms with Crippen LogP contribution in [0.2, 0.25) is 0 Å². The number of carbonyl (C=O) groups excluding carboxylic acids is 2. The second kappa shape index (κ2) is 8.62. The molecule has 5 rings (SSSR count). The van der Waals surface area contributed by atoms with E-state index in [2.05, 4.69) is 20.7 Å². The molecule has 2 N–H and O–H groups in total. The summed E-state index contributed by atoms with van der Waals surface area (Å²) in [5.74, 6) is 0.310.